The molecule has 0 atom stereocenters. The average Bonchev–Trinajstić information content (AvgIpc) is 1.80. The standard InChI is InChI=1S/C6H3ClF.BrH.Zn/c7-5-3-1-2-4-6(5)8;;/h1,3-4H;1H;/q;;+1/p-1. The normalized spacial score (nSPS) is 8.80. The van der Waals surface area contributed by atoms with E-state index >= 15 is 0 Å². The van der Waals surface area contributed by atoms with E-state index in [0.29, 0.717) is 0 Å². The summed E-state index contributed by atoms with van der Waals surface area (Å²) in [6.07, 6.45) is 0. The summed E-state index contributed by atoms with van der Waals surface area (Å²) in [5.74, 6) is -0.319. The Balaban J connectivity index is 0.000000810. The molecular formula is C6H3BrClFZn. The van der Waals surface area contributed by atoms with E-state index in [-0.39, 0.29) is 27.8 Å². The van der Waals surface area contributed by atoms with Crippen molar-refractivity contribution in [3.05, 3.63) is 29.0 Å². The van der Waals surface area contributed by atoms with Gasteiger partial charge in [0.05, 0.1) is 0 Å². The van der Waals surface area contributed by atoms with Crippen molar-refractivity contribution in [3.8, 4) is 0 Å². The van der Waals surface area contributed by atoms with Crippen LogP contribution >= 0.6 is 11.6 Å². The zero-order chi connectivity index (χ0) is 6.85. The number of hydrogen-bond donors (Lipinski definition) is 0. The van der Waals surface area contributed by atoms with Gasteiger partial charge in [-0.25, -0.2) is 0 Å². The Labute approximate surface area is 84.2 Å². The molecule has 0 radical (unpaired) electrons. The van der Waals surface area contributed by atoms with Gasteiger partial charge in [0.2, 0.25) is 0 Å². The van der Waals surface area contributed by atoms with Crippen molar-refractivity contribution in [2.75, 3.05) is 0 Å². The summed E-state index contributed by atoms with van der Waals surface area (Å²) in [7, 11) is 0. The predicted molar refractivity (Wildman–Crippen MR) is 31.0 cm³/mol. The molecule has 1 aromatic rings. The molecule has 1 rings (SSSR count). The molecule has 0 aromatic heterocycles. The van der Waals surface area contributed by atoms with Crippen LogP contribution in [0.25, 0.3) is 0 Å². The molecule has 0 spiro atoms. The first-order chi connectivity index (χ1) is 4.20. The number of hydrogen-bond acceptors (Lipinski definition) is 0. The maximum atomic E-state index is 12.5. The number of halogens is 3. The van der Waals surface area contributed by atoms with Gasteiger partial charge in [-0.3, -0.25) is 0 Å². The zero-order valence-corrected chi connectivity index (χ0v) is 10.4. The molecule has 0 saturated heterocycles. The number of benzene rings is 1. The summed E-state index contributed by atoms with van der Waals surface area (Å²) in [5.41, 5.74) is 0. The molecule has 0 N–H and O–H groups in total. The van der Waals surface area contributed by atoms with Crippen molar-refractivity contribution in [1.29, 1.82) is 0 Å². The van der Waals surface area contributed by atoms with Gasteiger partial charge in [0.25, 0.3) is 0 Å². The molecule has 0 aliphatic heterocycles. The minimum Gasteiger partial charge on any atom is -1.00 e. The first-order valence-electron chi connectivity index (χ1n) is 2.47. The maximum absolute atomic E-state index is 12.5. The molecule has 0 unspecified atom stereocenters. The van der Waals surface area contributed by atoms with Crippen molar-refractivity contribution in [2.45, 2.75) is 0 Å². The van der Waals surface area contributed by atoms with E-state index in [0.717, 1.165) is 22.5 Å². The summed E-state index contributed by atoms with van der Waals surface area (Å²) in [5, 5.41) is 0.201. The Morgan fingerprint density at radius 1 is 1.40 bits per heavy atom. The molecule has 10 heavy (non-hydrogen) atoms. The molecular weight excluding hydrogens is 272 g/mol. The van der Waals surface area contributed by atoms with Crippen LogP contribution in [0.2, 0.25) is 5.02 Å². The minimum atomic E-state index is -0.319. The molecule has 50 valence electrons. The molecule has 0 aliphatic carbocycles. The minimum absolute atomic E-state index is 0. The molecule has 0 saturated carbocycles. The Bertz CT molecular complexity index is 229. The molecule has 0 bridgehead atoms. The fraction of sp³-hybridized carbons (Fsp3) is 0. The molecule has 4 heteroatoms. The van der Waals surface area contributed by atoms with Crippen LogP contribution in [0.4, 0.5) is 4.39 Å². The predicted octanol–water partition coefficient (Wildman–Crippen LogP) is -1.34. The van der Waals surface area contributed by atoms with Crippen molar-refractivity contribution >= 4 is 15.8 Å². The molecule has 0 fully saturated rings. The van der Waals surface area contributed by atoms with Crippen molar-refractivity contribution in [2.24, 2.45) is 0 Å². The zero-order valence-electron chi connectivity index (χ0n) is 5.07. The van der Waals surface area contributed by atoms with Gasteiger partial charge in [0.1, 0.15) is 0 Å². The monoisotopic (exact) mass is 272 g/mol. The summed E-state index contributed by atoms with van der Waals surface area (Å²) in [6, 6.07) is 4.86. The summed E-state index contributed by atoms with van der Waals surface area (Å²) in [6.45, 7) is 0. The fourth-order valence-corrected chi connectivity index (χ4v) is 1.28. The van der Waals surface area contributed by atoms with Crippen LogP contribution in [-0.2, 0) is 18.3 Å². The van der Waals surface area contributed by atoms with Crippen molar-refractivity contribution in [3.63, 3.8) is 0 Å². The third-order valence-electron chi connectivity index (χ3n) is 0.984. The van der Waals surface area contributed by atoms with Gasteiger partial charge >= 0.3 is 67.5 Å². The van der Waals surface area contributed by atoms with E-state index in [1.54, 1.807) is 6.07 Å². The van der Waals surface area contributed by atoms with E-state index in [9.17, 15) is 4.39 Å². The molecule has 1 aromatic carbocycles. The van der Waals surface area contributed by atoms with Crippen LogP contribution in [0.1, 0.15) is 0 Å². The fourth-order valence-electron chi connectivity index (χ4n) is 0.540. The average molecular weight is 275 g/mol. The van der Waals surface area contributed by atoms with Crippen LogP contribution in [0.5, 0.6) is 0 Å². The van der Waals surface area contributed by atoms with Crippen LogP contribution in [0.15, 0.2) is 18.2 Å². The van der Waals surface area contributed by atoms with Gasteiger partial charge in [-0.15, -0.1) is 0 Å². The second-order valence-corrected chi connectivity index (χ2v) is 3.87. The van der Waals surface area contributed by atoms with Gasteiger partial charge < -0.3 is 17.0 Å². The topological polar surface area (TPSA) is 0 Å². The Hall–Kier alpha value is 0.543. The van der Waals surface area contributed by atoms with Crippen LogP contribution < -0.4 is 21.1 Å². The van der Waals surface area contributed by atoms with Gasteiger partial charge in [-0.1, -0.05) is 0 Å². The summed E-state index contributed by atoms with van der Waals surface area (Å²) >= 11 is 6.39. The SMILES string of the molecule is Fc1c[c]([Zn+])ccc1Cl.[Br-]. The third kappa shape index (κ3) is 2.65. The van der Waals surface area contributed by atoms with Crippen molar-refractivity contribution < 1.29 is 39.7 Å². The van der Waals surface area contributed by atoms with Crippen LogP contribution in [-0.4, -0.2) is 0 Å². The molecule has 0 heterocycles. The van der Waals surface area contributed by atoms with Gasteiger partial charge in [-0.05, 0) is 0 Å². The maximum Gasteiger partial charge on any atom is -1.00 e. The summed E-state index contributed by atoms with van der Waals surface area (Å²) < 4.78 is 13.5. The molecule has 0 amide bonds. The summed E-state index contributed by atoms with van der Waals surface area (Å²) in [4.78, 5) is 0. The van der Waals surface area contributed by atoms with E-state index in [1.165, 1.54) is 6.07 Å². The Morgan fingerprint density at radius 2 is 2.00 bits per heavy atom. The van der Waals surface area contributed by atoms with Gasteiger partial charge in [-0.2, -0.15) is 0 Å². The first kappa shape index (κ1) is 10.5. The van der Waals surface area contributed by atoms with Gasteiger partial charge in [0.15, 0.2) is 0 Å². The largest absolute Gasteiger partial charge is 1.00 e. The van der Waals surface area contributed by atoms with E-state index in [2.05, 4.69) is 0 Å². The third-order valence-corrected chi connectivity index (χ3v) is 2.21. The van der Waals surface area contributed by atoms with E-state index in [4.69, 9.17) is 11.6 Å². The van der Waals surface area contributed by atoms with E-state index < -0.39 is 0 Å². The smallest absolute Gasteiger partial charge is 1.00 e. The molecule has 0 aliphatic rings. The van der Waals surface area contributed by atoms with Gasteiger partial charge in [0, 0.05) is 0 Å². The van der Waals surface area contributed by atoms with Crippen molar-refractivity contribution in [1.82, 2.24) is 0 Å². The first-order valence-corrected chi connectivity index (χ1v) is 4.33. The Morgan fingerprint density at radius 3 is 2.40 bits per heavy atom. The second kappa shape index (κ2) is 4.43. The molecule has 0 nitrogen and oxygen atoms in total. The van der Waals surface area contributed by atoms with Crippen LogP contribution in [0, 0.1) is 5.82 Å². The Kier molecular flexibility index (Phi) is 4.67. The van der Waals surface area contributed by atoms with E-state index in [1.807, 2.05) is 6.07 Å². The number of rotatable bonds is 0. The van der Waals surface area contributed by atoms with Crippen LogP contribution in [0.3, 0.4) is 0 Å². The second-order valence-electron chi connectivity index (χ2n) is 1.75. The quantitative estimate of drug-likeness (QED) is 0.514.